The number of carbonyl (C=O) groups is 1. The zero-order valence-corrected chi connectivity index (χ0v) is 14.5. The van der Waals surface area contributed by atoms with E-state index in [1.807, 2.05) is 36.4 Å². The Morgan fingerprint density at radius 3 is 2.35 bits per heavy atom. The lowest BCUT2D eigenvalue weighted by Crippen LogP contribution is -2.08. The summed E-state index contributed by atoms with van der Waals surface area (Å²) in [5.74, 6) is 0.699. The SMILES string of the molecule is COc1ccc(N/N=C(/Sc2ccc(C)c(C)c2)C(C)=O)cc1. The van der Waals surface area contributed by atoms with Crippen LogP contribution in [0.15, 0.2) is 52.5 Å². The summed E-state index contributed by atoms with van der Waals surface area (Å²) in [6.45, 7) is 5.64. The van der Waals surface area contributed by atoms with Gasteiger partial charge in [-0.1, -0.05) is 17.8 Å². The first-order valence-electron chi connectivity index (χ1n) is 7.23. The van der Waals surface area contributed by atoms with Crippen molar-refractivity contribution in [1.82, 2.24) is 0 Å². The molecule has 0 unspecified atom stereocenters. The molecule has 2 aromatic carbocycles. The first kappa shape index (κ1) is 17.1. The van der Waals surface area contributed by atoms with E-state index in [2.05, 4.69) is 30.4 Å². The lowest BCUT2D eigenvalue weighted by molar-refractivity contribution is -0.110. The smallest absolute Gasteiger partial charge is 0.186 e. The average Bonchev–Trinajstić information content (AvgIpc) is 2.55. The van der Waals surface area contributed by atoms with Gasteiger partial charge in [0.1, 0.15) is 5.75 Å². The molecule has 0 saturated heterocycles. The highest BCUT2D eigenvalue weighted by Crippen LogP contribution is 2.23. The third kappa shape index (κ3) is 4.86. The molecule has 2 aromatic rings. The molecule has 1 N–H and O–H groups in total. The maximum atomic E-state index is 11.8. The second kappa shape index (κ2) is 7.83. The van der Waals surface area contributed by atoms with Crippen molar-refractivity contribution < 1.29 is 9.53 Å². The first-order valence-corrected chi connectivity index (χ1v) is 8.05. The number of carbonyl (C=O) groups excluding carboxylic acids is 1. The third-order valence-electron chi connectivity index (χ3n) is 3.37. The first-order chi connectivity index (χ1) is 11.0. The topological polar surface area (TPSA) is 50.7 Å². The number of methoxy groups -OCH3 is 1. The summed E-state index contributed by atoms with van der Waals surface area (Å²) in [6.07, 6.45) is 0. The number of thioether (sulfide) groups is 1. The second-order valence-electron chi connectivity index (χ2n) is 5.16. The molecule has 0 amide bonds. The molecule has 0 bridgehead atoms. The molecule has 0 aliphatic carbocycles. The number of nitrogens with one attached hydrogen (secondary N) is 1. The number of hydrogen-bond donors (Lipinski definition) is 1. The lowest BCUT2D eigenvalue weighted by atomic mass is 10.1. The van der Waals surface area contributed by atoms with E-state index in [-0.39, 0.29) is 5.78 Å². The summed E-state index contributed by atoms with van der Waals surface area (Å²) in [6, 6.07) is 13.5. The van der Waals surface area contributed by atoms with Crippen molar-refractivity contribution >= 4 is 28.3 Å². The van der Waals surface area contributed by atoms with Gasteiger partial charge in [0.05, 0.1) is 12.8 Å². The van der Waals surface area contributed by atoms with Crippen LogP contribution in [0.5, 0.6) is 5.75 Å². The molecular weight excluding hydrogens is 308 g/mol. The Bertz CT molecular complexity index is 724. The van der Waals surface area contributed by atoms with E-state index in [1.165, 1.54) is 29.8 Å². The van der Waals surface area contributed by atoms with Crippen LogP contribution in [0.2, 0.25) is 0 Å². The summed E-state index contributed by atoms with van der Waals surface area (Å²) < 4.78 is 5.11. The van der Waals surface area contributed by atoms with Crippen LogP contribution in [0.3, 0.4) is 0 Å². The molecule has 0 radical (unpaired) electrons. The van der Waals surface area contributed by atoms with E-state index in [4.69, 9.17) is 4.74 Å². The van der Waals surface area contributed by atoms with Gasteiger partial charge in [0.2, 0.25) is 0 Å². The van der Waals surface area contributed by atoms with E-state index in [0.717, 1.165) is 16.3 Å². The number of benzene rings is 2. The van der Waals surface area contributed by atoms with Gasteiger partial charge in [-0.3, -0.25) is 10.2 Å². The highest BCUT2D eigenvalue weighted by Gasteiger charge is 2.09. The van der Waals surface area contributed by atoms with Gasteiger partial charge in [-0.15, -0.1) is 0 Å². The van der Waals surface area contributed by atoms with Crippen LogP contribution in [0.1, 0.15) is 18.1 Å². The number of hydrogen-bond acceptors (Lipinski definition) is 5. The van der Waals surface area contributed by atoms with Crippen LogP contribution in [-0.2, 0) is 4.79 Å². The molecule has 5 heteroatoms. The molecular formula is C18H20N2O2S. The van der Waals surface area contributed by atoms with Crippen molar-refractivity contribution in [2.45, 2.75) is 25.7 Å². The Hall–Kier alpha value is -2.27. The van der Waals surface area contributed by atoms with Crippen LogP contribution < -0.4 is 10.2 Å². The quantitative estimate of drug-likeness (QED) is 0.382. The molecule has 0 saturated carbocycles. The number of hydrazone groups is 1. The summed E-state index contributed by atoms with van der Waals surface area (Å²) in [5, 5.41) is 4.66. The summed E-state index contributed by atoms with van der Waals surface area (Å²) in [4.78, 5) is 12.8. The lowest BCUT2D eigenvalue weighted by Gasteiger charge is -2.07. The zero-order chi connectivity index (χ0) is 16.8. The largest absolute Gasteiger partial charge is 0.497 e. The second-order valence-corrected chi connectivity index (χ2v) is 6.22. The average molecular weight is 328 g/mol. The van der Waals surface area contributed by atoms with Crippen molar-refractivity contribution in [2.75, 3.05) is 12.5 Å². The van der Waals surface area contributed by atoms with Crippen molar-refractivity contribution in [3.63, 3.8) is 0 Å². The van der Waals surface area contributed by atoms with Crippen molar-refractivity contribution in [3.8, 4) is 5.75 Å². The van der Waals surface area contributed by atoms with Crippen LogP contribution in [0.25, 0.3) is 0 Å². The molecule has 23 heavy (non-hydrogen) atoms. The number of ketones is 1. The van der Waals surface area contributed by atoms with Gasteiger partial charge < -0.3 is 4.74 Å². The fourth-order valence-corrected chi connectivity index (χ4v) is 2.67. The number of ether oxygens (including phenoxy) is 1. The predicted molar refractivity (Wildman–Crippen MR) is 96.5 cm³/mol. The maximum absolute atomic E-state index is 11.8. The van der Waals surface area contributed by atoms with E-state index >= 15 is 0 Å². The fraction of sp³-hybridized carbons (Fsp3) is 0.222. The minimum Gasteiger partial charge on any atom is -0.497 e. The molecule has 0 aromatic heterocycles. The Morgan fingerprint density at radius 2 is 1.78 bits per heavy atom. The van der Waals surface area contributed by atoms with E-state index in [0.29, 0.717) is 5.04 Å². The number of nitrogens with zero attached hydrogens (tertiary/aromatic N) is 1. The molecule has 4 nitrogen and oxygen atoms in total. The Labute approximate surface area is 140 Å². The van der Waals surface area contributed by atoms with Crippen LogP contribution in [0, 0.1) is 13.8 Å². The molecule has 0 aliphatic heterocycles. The Kier molecular flexibility index (Phi) is 5.82. The van der Waals surface area contributed by atoms with Crippen LogP contribution >= 0.6 is 11.8 Å². The number of Topliss-reactive ketones (excluding diaryl/α,β-unsaturated/α-hetero) is 1. The third-order valence-corrected chi connectivity index (χ3v) is 4.43. The maximum Gasteiger partial charge on any atom is 0.186 e. The van der Waals surface area contributed by atoms with E-state index < -0.39 is 0 Å². The van der Waals surface area contributed by atoms with Gasteiger partial charge in [0.15, 0.2) is 10.8 Å². The van der Waals surface area contributed by atoms with Crippen molar-refractivity contribution in [1.29, 1.82) is 0 Å². The van der Waals surface area contributed by atoms with Crippen molar-refractivity contribution in [3.05, 3.63) is 53.6 Å². The van der Waals surface area contributed by atoms with Gasteiger partial charge >= 0.3 is 0 Å². The Balaban J connectivity index is 2.13. The number of aryl methyl sites for hydroxylation is 2. The molecule has 0 fully saturated rings. The zero-order valence-electron chi connectivity index (χ0n) is 13.7. The molecule has 0 heterocycles. The van der Waals surface area contributed by atoms with Crippen LogP contribution in [-0.4, -0.2) is 17.9 Å². The Morgan fingerprint density at radius 1 is 1.09 bits per heavy atom. The van der Waals surface area contributed by atoms with Gasteiger partial charge in [-0.05, 0) is 61.4 Å². The molecule has 0 atom stereocenters. The van der Waals surface area contributed by atoms with Gasteiger partial charge in [-0.2, -0.15) is 5.10 Å². The normalized spacial score (nSPS) is 11.2. The number of rotatable bonds is 5. The van der Waals surface area contributed by atoms with E-state index in [1.54, 1.807) is 7.11 Å². The van der Waals surface area contributed by atoms with Gasteiger partial charge in [-0.25, -0.2) is 0 Å². The molecule has 2 rings (SSSR count). The van der Waals surface area contributed by atoms with Crippen LogP contribution in [0.4, 0.5) is 5.69 Å². The molecule has 0 spiro atoms. The summed E-state index contributed by atoms with van der Waals surface area (Å²) in [7, 11) is 1.62. The number of anilines is 1. The molecule has 120 valence electrons. The summed E-state index contributed by atoms with van der Waals surface area (Å²) >= 11 is 1.36. The minimum atomic E-state index is -0.0748. The van der Waals surface area contributed by atoms with E-state index in [9.17, 15) is 4.79 Å². The highest BCUT2D eigenvalue weighted by atomic mass is 32.2. The summed E-state index contributed by atoms with van der Waals surface area (Å²) in [5.41, 5.74) is 6.13. The molecule has 0 aliphatic rings. The fourth-order valence-electron chi connectivity index (χ4n) is 1.84. The van der Waals surface area contributed by atoms with Gasteiger partial charge in [0, 0.05) is 11.8 Å². The predicted octanol–water partition coefficient (Wildman–Crippen LogP) is 4.42. The minimum absolute atomic E-state index is 0.0748. The van der Waals surface area contributed by atoms with Gasteiger partial charge in [0.25, 0.3) is 0 Å². The monoisotopic (exact) mass is 328 g/mol. The van der Waals surface area contributed by atoms with Crippen molar-refractivity contribution in [2.24, 2.45) is 5.10 Å². The highest BCUT2D eigenvalue weighted by molar-refractivity contribution is 8.15. The standard InChI is InChI=1S/C18H20N2O2S/c1-12-5-10-17(11-13(12)2)23-18(14(3)21)20-19-15-6-8-16(22-4)9-7-15/h5-11,19H,1-4H3/b20-18+.